The van der Waals surface area contributed by atoms with Gasteiger partial charge < -0.3 is 5.32 Å². The molecule has 124 valence electrons. The summed E-state index contributed by atoms with van der Waals surface area (Å²) in [6.07, 6.45) is 2.74. The Morgan fingerprint density at radius 3 is 2.57 bits per heavy atom. The minimum absolute atomic E-state index is 0.0197. The first kappa shape index (κ1) is 17.3. The highest BCUT2D eigenvalue weighted by Gasteiger charge is 2.45. The third-order valence-electron chi connectivity index (χ3n) is 4.83. The van der Waals surface area contributed by atoms with Crippen LogP contribution in [0.25, 0.3) is 0 Å². The predicted molar refractivity (Wildman–Crippen MR) is 87.1 cm³/mol. The second-order valence-corrected chi connectivity index (χ2v) is 6.34. The van der Waals surface area contributed by atoms with E-state index in [1.54, 1.807) is 0 Å². The highest BCUT2D eigenvalue weighted by Crippen LogP contribution is 2.26. The lowest BCUT2D eigenvalue weighted by Crippen LogP contribution is -2.54. The van der Waals surface area contributed by atoms with Gasteiger partial charge in [0.05, 0.1) is 19.0 Å². The third kappa shape index (κ3) is 3.85. The van der Waals surface area contributed by atoms with Crippen LogP contribution in [-0.2, 0) is 14.4 Å². The second kappa shape index (κ2) is 7.51. The molecule has 1 aliphatic rings. The van der Waals surface area contributed by atoms with Gasteiger partial charge in [-0.2, -0.15) is 4.48 Å². The van der Waals surface area contributed by atoms with Gasteiger partial charge in [-0.1, -0.05) is 30.3 Å². The van der Waals surface area contributed by atoms with Gasteiger partial charge in [0.2, 0.25) is 5.91 Å². The monoisotopic (exact) mass is 317 g/mol. The lowest BCUT2D eigenvalue weighted by molar-refractivity contribution is -0.780. The molecule has 2 rings (SSSR count). The van der Waals surface area contributed by atoms with Crippen LogP contribution in [0.1, 0.15) is 51.1 Å². The number of carbonyl (C=O) groups excluding carboxylic acids is 3. The maximum absolute atomic E-state index is 12.4. The number of likely N-dealkylation sites (tertiary alicyclic amines) is 1. The van der Waals surface area contributed by atoms with E-state index >= 15 is 0 Å². The normalized spacial score (nSPS) is 24.9. The van der Waals surface area contributed by atoms with Gasteiger partial charge in [0.25, 0.3) is 0 Å². The zero-order chi connectivity index (χ0) is 16.9. The Morgan fingerprint density at radius 2 is 2.00 bits per heavy atom. The summed E-state index contributed by atoms with van der Waals surface area (Å²) in [7, 11) is 0. The van der Waals surface area contributed by atoms with Crippen LogP contribution in [0.4, 0.5) is 0 Å². The van der Waals surface area contributed by atoms with Crippen molar-refractivity contribution in [2.75, 3.05) is 6.54 Å². The summed E-state index contributed by atoms with van der Waals surface area (Å²) in [4.78, 5) is 35.9. The molecule has 1 fully saturated rings. The fraction of sp³-hybridized carbons (Fsp3) is 0.500. The van der Waals surface area contributed by atoms with Crippen LogP contribution < -0.4 is 5.32 Å². The minimum atomic E-state index is -0.161. The molecular weight excluding hydrogens is 292 g/mol. The van der Waals surface area contributed by atoms with Gasteiger partial charge >= 0.3 is 12.3 Å². The number of carbonyl (C=O) groups is 3. The molecule has 1 aliphatic heterocycles. The number of hydrogen-bond acceptors (Lipinski definition) is 3. The summed E-state index contributed by atoms with van der Waals surface area (Å²) < 4.78 is -0.123. The Labute approximate surface area is 137 Å². The molecular formula is C18H25N2O3+. The van der Waals surface area contributed by atoms with Crippen molar-refractivity contribution < 1.29 is 18.9 Å². The Balaban J connectivity index is 1.87. The zero-order valence-corrected chi connectivity index (χ0v) is 13.8. The van der Waals surface area contributed by atoms with Gasteiger partial charge in [-0.25, -0.2) is 9.59 Å². The highest BCUT2D eigenvalue weighted by atomic mass is 16.2. The van der Waals surface area contributed by atoms with Crippen LogP contribution in [-0.4, -0.2) is 35.3 Å². The van der Waals surface area contributed by atoms with Crippen molar-refractivity contribution in [1.29, 1.82) is 0 Å². The lowest BCUT2D eigenvalue weighted by atomic mass is 10.1. The maximum atomic E-state index is 12.4. The van der Waals surface area contributed by atoms with Gasteiger partial charge in [0.15, 0.2) is 0 Å². The number of rotatable bonds is 6. The van der Waals surface area contributed by atoms with E-state index in [-0.39, 0.29) is 41.2 Å². The number of hydrogen-bond donors (Lipinski definition) is 1. The van der Waals surface area contributed by atoms with Gasteiger partial charge in [-0.05, 0) is 19.4 Å². The average Bonchev–Trinajstić information content (AvgIpc) is 2.95. The van der Waals surface area contributed by atoms with Crippen molar-refractivity contribution in [3.05, 3.63) is 35.9 Å². The summed E-state index contributed by atoms with van der Waals surface area (Å²) in [6, 6.07) is 9.60. The summed E-state index contributed by atoms with van der Waals surface area (Å²) in [5.41, 5.74) is 1.02. The second-order valence-electron chi connectivity index (χ2n) is 6.34. The Hall–Kier alpha value is -2.01. The van der Waals surface area contributed by atoms with Crippen molar-refractivity contribution in [2.45, 2.75) is 51.6 Å². The van der Waals surface area contributed by atoms with E-state index < -0.39 is 0 Å². The summed E-state index contributed by atoms with van der Waals surface area (Å²) in [5, 5.41) is 2.90. The molecule has 0 aromatic heterocycles. The van der Waals surface area contributed by atoms with Crippen LogP contribution in [0, 0.1) is 0 Å². The summed E-state index contributed by atoms with van der Waals surface area (Å²) >= 11 is 0. The number of nitrogens with zero attached hydrogens (tertiary/aromatic N) is 1. The van der Waals surface area contributed by atoms with Crippen LogP contribution in [0.15, 0.2) is 30.3 Å². The molecule has 1 heterocycles. The smallest absolute Gasteiger partial charge is 0.321 e. The number of amides is 3. The standard InChI is InChI=1S/C18H24N2O3/c1-14-7-6-12-20(14,13-21)18(23)11-10-17(22)19-15(2)16-8-4-3-5-9-16/h3-5,8-9,13-15H,6-7,10-12H2,1-2H3/p+1/t14-,15+,20?/m1/s1. The Morgan fingerprint density at radius 1 is 1.30 bits per heavy atom. The molecule has 3 amide bonds. The van der Waals surface area contributed by atoms with E-state index in [2.05, 4.69) is 5.32 Å². The SMILES string of the molecule is C[C@H](NC(=O)CCC(=O)[N+]1(C=O)CCC[C@H]1C)c1ccccc1. The molecule has 5 heteroatoms. The largest absolute Gasteiger partial charge is 0.350 e. The summed E-state index contributed by atoms with van der Waals surface area (Å²) in [6.45, 7) is 4.40. The quantitative estimate of drug-likeness (QED) is 0.647. The van der Waals surface area contributed by atoms with E-state index in [0.717, 1.165) is 24.8 Å². The molecule has 0 aliphatic carbocycles. The van der Waals surface area contributed by atoms with E-state index in [1.165, 1.54) is 0 Å². The van der Waals surface area contributed by atoms with E-state index in [9.17, 15) is 14.4 Å². The third-order valence-corrected chi connectivity index (χ3v) is 4.83. The predicted octanol–water partition coefficient (Wildman–Crippen LogP) is 2.33. The first-order chi connectivity index (χ1) is 11.0. The van der Waals surface area contributed by atoms with Crippen LogP contribution in [0.5, 0.6) is 0 Å². The molecule has 0 spiro atoms. The molecule has 1 aromatic carbocycles. The fourth-order valence-corrected chi connectivity index (χ4v) is 3.25. The Kier molecular flexibility index (Phi) is 5.66. The van der Waals surface area contributed by atoms with Gasteiger partial charge in [-0.15, -0.1) is 0 Å². The van der Waals surface area contributed by atoms with Crippen LogP contribution >= 0.6 is 0 Å². The van der Waals surface area contributed by atoms with Gasteiger partial charge in [0.1, 0.15) is 6.04 Å². The van der Waals surface area contributed by atoms with Crippen molar-refractivity contribution in [1.82, 2.24) is 5.32 Å². The van der Waals surface area contributed by atoms with Crippen molar-refractivity contribution in [2.24, 2.45) is 0 Å². The van der Waals surface area contributed by atoms with E-state index in [1.807, 2.05) is 44.2 Å². The molecule has 0 saturated carbocycles. The van der Waals surface area contributed by atoms with E-state index in [4.69, 9.17) is 0 Å². The van der Waals surface area contributed by atoms with Crippen molar-refractivity contribution in [3.63, 3.8) is 0 Å². The van der Waals surface area contributed by atoms with Crippen molar-refractivity contribution in [3.8, 4) is 0 Å². The molecule has 23 heavy (non-hydrogen) atoms. The van der Waals surface area contributed by atoms with Crippen molar-refractivity contribution >= 4 is 18.2 Å². The lowest BCUT2D eigenvalue weighted by Gasteiger charge is -2.28. The first-order valence-electron chi connectivity index (χ1n) is 8.21. The number of nitrogens with one attached hydrogen (secondary N) is 1. The molecule has 1 N–H and O–H groups in total. The Bertz CT molecular complexity index is 573. The molecule has 1 unspecified atom stereocenters. The zero-order valence-electron chi connectivity index (χ0n) is 13.8. The molecule has 5 nitrogen and oxygen atoms in total. The number of imide groups is 1. The number of benzene rings is 1. The van der Waals surface area contributed by atoms with E-state index in [0.29, 0.717) is 6.54 Å². The average molecular weight is 317 g/mol. The summed E-state index contributed by atoms with van der Waals surface area (Å²) in [5.74, 6) is -0.307. The first-order valence-corrected chi connectivity index (χ1v) is 8.21. The fourth-order valence-electron chi connectivity index (χ4n) is 3.25. The minimum Gasteiger partial charge on any atom is -0.350 e. The van der Waals surface area contributed by atoms with Gasteiger partial charge in [0, 0.05) is 19.3 Å². The maximum Gasteiger partial charge on any atom is 0.321 e. The molecule has 1 saturated heterocycles. The molecule has 0 bridgehead atoms. The van der Waals surface area contributed by atoms with Gasteiger partial charge in [-0.3, -0.25) is 4.79 Å². The topological polar surface area (TPSA) is 63.2 Å². The molecule has 3 atom stereocenters. The van der Waals surface area contributed by atoms with Crippen LogP contribution in [0.2, 0.25) is 0 Å². The molecule has 1 aromatic rings. The number of quaternary nitrogens is 1. The molecule has 0 radical (unpaired) electrons. The highest BCUT2D eigenvalue weighted by molar-refractivity contribution is 5.83. The van der Waals surface area contributed by atoms with Crippen LogP contribution in [0.3, 0.4) is 0 Å².